The van der Waals surface area contributed by atoms with E-state index in [-0.39, 0.29) is 24.7 Å². The molecule has 0 fully saturated rings. The van der Waals surface area contributed by atoms with Gasteiger partial charge in [0, 0.05) is 31.5 Å². The van der Waals surface area contributed by atoms with Crippen molar-refractivity contribution in [2.45, 2.75) is 19.3 Å². The van der Waals surface area contributed by atoms with Crippen LogP contribution in [0, 0.1) is 0 Å². The van der Waals surface area contributed by atoms with Crippen LogP contribution in [0.2, 0.25) is 0 Å². The van der Waals surface area contributed by atoms with E-state index in [4.69, 9.17) is 0 Å². The predicted molar refractivity (Wildman–Crippen MR) is 90.7 cm³/mol. The number of nitrogens with one attached hydrogen (secondary N) is 3. The van der Waals surface area contributed by atoms with Gasteiger partial charge in [0.2, 0.25) is 11.8 Å². The maximum absolute atomic E-state index is 12.0. The number of hydrogen-bond donors (Lipinski definition) is 3. The van der Waals surface area contributed by atoms with Gasteiger partial charge in [-0.2, -0.15) is 0 Å². The number of aryl methyl sites for hydroxylation is 1. The van der Waals surface area contributed by atoms with Gasteiger partial charge in [-0.15, -0.1) is 11.3 Å². The molecule has 0 unspecified atom stereocenters. The number of imidazole rings is 1. The number of nitrogens with zero attached hydrogens (tertiary/aromatic N) is 3. The molecule has 0 saturated heterocycles. The second-order valence-electron chi connectivity index (χ2n) is 5.10. The lowest BCUT2D eigenvalue weighted by atomic mass is 10.3. The Labute approximate surface area is 141 Å². The fraction of sp³-hybridized carbons (Fsp3) is 0.267. The van der Waals surface area contributed by atoms with E-state index in [1.807, 2.05) is 12.1 Å². The standard InChI is InChI=1S/C15H16N6O2S/c1-16-13(23)7-9-8-24-15(18-9)21-12(22)5-4-11-19-10-3-2-6-17-14(10)20-11/h2-3,6,8H,4-5,7H2,1H3,(H,16,23)(H,17,19,20)(H,18,21,22). The number of anilines is 1. The number of H-pyrrole nitrogens is 1. The zero-order chi connectivity index (χ0) is 16.9. The Hall–Kier alpha value is -2.81. The van der Waals surface area contributed by atoms with E-state index in [1.54, 1.807) is 18.6 Å². The number of fused-ring (bicyclic) bond motifs is 1. The average Bonchev–Trinajstić information content (AvgIpc) is 3.19. The van der Waals surface area contributed by atoms with Gasteiger partial charge in [-0.05, 0) is 12.1 Å². The summed E-state index contributed by atoms with van der Waals surface area (Å²) in [7, 11) is 1.57. The maximum Gasteiger partial charge on any atom is 0.226 e. The number of carbonyl (C=O) groups is 2. The molecule has 0 saturated carbocycles. The summed E-state index contributed by atoms with van der Waals surface area (Å²) in [5.74, 6) is 0.458. The summed E-state index contributed by atoms with van der Waals surface area (Å²) in [6, 6.07) is 3.72. The summed E-state index contributed by atoms with van der Waals surface area (Å²) in [5, 5.41) is 7.52. The number of likely N-dealkylation sites (N-methyl/N-ethyl adjacent to an activating group) is 1. The molecule has 124 valence electrons. The first kappa shape index (κ1) is 16.1. The number of amides is 2. The maximum atomic E-state index is 12.0. The first-order valence-electron chi connectivity index (χ1n) is 7.38. The normalized spacial score (nSPS) is 10.7. The molecule has 2 amide bonds. The lowest BCUT2D eigenvalue weighted by molar-refractivity contribution is -0.120. The quantitative estimate of drug-likeness (QED) is 0.623. The molecule has 8 nitrogen and oxygen atoms in total. The van der Waals surface area contributed by atoms with Crippen molar-refractivity contribution in [3.63, 3.8) is 0 Å². The molecule has 0 aromatic carbocycles. The molecule has 0 aliphatic rings. The Morgan fingerprint density at radius 3 is 2.96 bits per heavy atom. The molecule has 3 heterocycles. The molecule has 0 aliphatic heterocycles. The first-order chi connectivity index (χ1) is 11.6. The molecule has 3 N–H and O–H groups in total. The van der Waals surface area contributed by atoms with Gasteiger partial charge in [-0.1, -0.05) is 0 Å². The van der Waals surface area contributed by atoms with E-state index >= 15 is 0 Å². The minimum Gasteiger partial charge on any atom is -0.359 e. The predicted octanol–water partition coefficient (Wildman–Crippen LogP) is 1.27. The summed E-state index contributed by atoms with van der Waals surface area (Å²) in [6.07, 6.45) is 2.65. The van der Waals surface area contributed by atoms with Crippen LogP contribution < -0.4 is 10.6 Å². The van der Waals surface area contributed by atoms with Crippen LogP contribution in [-0.4, -0.2) is 38.8 Å². The zero-order valence-electron chi connectivity index (χ0n) is 13.0. The third-order valence-corrected chi connectivity index (χ3v) is 4.12. The highest BCUT2D eigenvalue weighted by Crippen LogP contribution is 2.16. The van der Waals surface area contributed by atoms with Crippen LogP contribution in [-0.2, 0) is 22.4 Å². The minimum atomic E-state index is -0.149. The summed E-state index contributed by atoms with van der Waals surface area (Å²) < 4.78 is 0. The Bertz CT molecular complexity index is 839. The number of carbonyl (C=O) groups excluding carboxylic acids is 2. The van der Waals surface area contributed by atoms with Crippen molar-refractivity contribution in [3.8, 4) is 0 Å². The van der Waals surface area contributed by atoms with Crippen molar-refractivity contribution < 1.29 is 9.59 Å². The van der Waals surface area contributed by atoms with Crippen LogP contribution in [0.5, 0.6) is 0 Å². The van der Waals surface area contributed by atoms with Gasteiger partial charge in [-0.25, -0.2) is 15.0 Å². The molecule has 0 bridgehead atoms. The molecule has 0 spiro atoms. The van der Waals surface area contributed by atoms with Crippen LogP contribution in [0.4, 0.5) is 5.13 Å². The molecule has 24 heavy (non-hydrogen) atoms. The molecule has 3 aromatic rings. The summed E-state index contributed by atoms with van der Waals surface area (Å²) in [6.45, 7) is 0. The Morgan fingerprint density at radius 2 is 2.17 bits per heavy atom. The van der Waals surface area contributed by atoms with Gasteiger partial charge in [-0.3, -0.25) is 9.59 Å². The highest BCUT2D eigenvalue weighted by atomic mass is 32.1. The van der Waals surface area contributed by atoms with Gasteiger partial charge in [0.25, 0.3) is 0 Å². The van der Waals surface area contributed by atoms with Crippen molar-refractivity contribution in [1.29, 1.82) is 0 Å². The van der Waals surface area contributed by atoms with Gasteiger partial charge < -0.3 is 15.6 Å². The van der Waals surface area contributed by atoms with Crippen molar-refractivity contribution in [2.24, 2.45) is 0 Å². The van der Waals surface area contributed by atoms with Crippen LogP contribution in [0.25, 0.3) is 11.2 Å². The largest absolute Gasteiger partial charge is 0.359 e. The van der Waals surface area contributed by atoms with Crippen LogP contribution in [0.1, 0.15) is 17.9 Å². The zero-order valence-corrected chi connectivity index (χ0v) is 13.8. The van der Waals surface area contributed by atoms with E-state index in [0.29, 0.717) is 22.9 Å². The van der Waals surface area contributed by atoms with Crippen molar-refractivity contribution >= 4 is 39.4 Å². The first-order valence-corrected chi connectivity index (χ1v) is 8.26. The van der Waals surface area contributed by atoms with Crippen LogP contribution >= 0.6 is 11.3 Å². The Morgan fingerprint density at radius 1 is 1.29 bits per heavy atom. The van der Waals surface area contributed by atoms with Crippen LogP contribution in [0.15, 0.2) is 23.7 Å². The molecule has 9 heteroatoms. The number of aromatic nitrogens is 4. The highest BCUT2D eigenvalue weighted by Gasteiger charge is 2.10. The lowest BCUT2D eigenvalue weighted by Crippen LogP contribution is -2.20. The van der Waals surface area contributed by atoms with E-state index in [1.165, 1.54) is 11.3 Å². The topological polar surface area (TPSA) is 113 Å². The van der Waals surface area contributed by atoms with Gasteiger partial charge >= 0.3 is 0 Å². The smallest absolute Gasteiger partial charge is 0.226 e. The number of pyridine rings is 1. The number of rotatable bonds is 6. The second kappa shape index (κ2) is 7.18. The Balaban J connectivity index is 1.53. The number of aromatic amines is 1. The molecule has 3 rings (SSSR count). The summed E-state index contributed by atoms with van der Waals surface area (Å²) in [5.41, 5.74) is 2.14. The number of thiazole rings is 1. The van der Waals surface area contributed by atoms with E-state index in [2.05, 4.69) is 30.6 Å². The molecule has 0 aliphatic carbocycles. The van der Waals surface area contributed by atoms with E-state index < -0.39 is 0 Å². The van der Waals surface area contributed by atoms with Crippen LogP contribution in [0.3, 0.4) is 0 Å². The highest BCUT2D eigenvalue weighted by molar-refractivity contribution is 7.13. The fourth-order valence-electron chi connectivity index (χ4n) is 2.13. The minimum absolute atomic E-state index is 0.114. The van der Waals surface area contributed by atoms with E-state index in [9.17, 15) is 9.59 Å². The molecular weight excluding hydrogens is 328 g/mol. The molecule has 0 atom stereocenters. The van der Waals surface area contributed by atoms with Crippen molar-refractivity contribution in [3.05, 3.63) is 35.2 Å². The number of hydrogen-bond acceptors (Lipinski definition) is 6. The van der Waals surface area contributed by atoms with Crippen molar-refractivity contribution in [2.75, 3.05) is 12.4 Å². The summed E-state index contributed by atoms with van der Waals surface area (Å²) >= 11 is 1.30. The molecule has 0 radical (unpaired) electrons. The molecular formula is C15H16N6O2S. The summed E-state index contributed by atoms with van der Waals surface area (Å²) in [4.78, 5) is 39.1. The third-order valence-electron chi connectivity index (χ3n) is 3.31. The van der Waals surface area contributed by atoms with Gasteiger partial charge in [0.05, 0.1) is 17.6 Å². The lowest BCUT2D eigenvalue weighted by Gasteiger charge is -2.00. The van der Waals surface area contributed by atoms with Crippen molar-refractivity contribution in [1.82, 2.24) is 25.3 Å². The van der Waals surface area contributed by atoms with Gasteiger partial charge in [0.15, 0.2) is 10.8 Å². The van der Waals surface area contributed by atoms with E-state index in [0.717, 1.165) is 11.3 Å². The molecule has 3 aromatic heterocycles. The fourth-order valence-corrected chi connectivity index (χ4v) is 2.85. The van der Waals surface area contributed by atoms with Gasteiger partial charge in [0.1, 0.15) is 5.82 Å². The average molecular weight is 344 g/mol. The third kappa shape index (κ3) is 3.93. The SMILES string of the molecule is CNC(=O)Cc1csc(NC(=O)CCc2nc3ncccc3[nH]2)n1. The second-order valence-corrected chi connectivity index (χ2v) is 5.96. The monoisotopic (exact) mass is 344 g/mol. The Kier molecular flexibility index (Phi) is 4.80.